The molecule has 2 heteroatoms. The maximum atomic E-state index is 9.92. The second kappa shape index (κ2) is 6.58. The predicted octanol–water partition coefficient (Wildman–Crippen LogP) is 3.83. The fourth-order valence-electron chi connectivity index (χ4n) is 3.92. The van der Waals surface area contributed by atoms with Crippen molar-refractivity contribution < 1.29 is 5.11 Å². The maximum Gasteiger partial charge on any atom is 0.0499 e. The van der Waals surface area contributed by atoms with E-state index in [0.717, 1.165) is 6.54 Å². The molecule has 0 unspecified atom stereocenters. The first-order chi connectivity index (χ1) is 9.11. The molecular formula is C17H33NO. The average molecular weight is 267 g/mol. The molecule has 2 rings (SSSR count). The molecule has 1 saturated carbocycles. The highest BCUT2D eigenvalue weighted by Gasteiger charge is 2.35. The van der Waals surface area contributed by atoms with Crippen LogP contribution in [0.4, 0.5) is 0 Å². The summed E-state index contributed by atoms with van der Waals surface area (Å²) in [5.41, 5.74) is 0.794. The standard InChI is InChI=1S/C17H33NO/c1-3-16(2)10-12-18(13-11-16)14-17(15-19)8-6-4-5-7-9-17/h19H,3-15H2,1-2H3. The first-order valence-corrected chi connectivity index (χ1v) is 8.45. The molecule has 1 N–H and O–H groups in total. The van der Waals surface area contributed by atoms with Gasteiger partial charge in [-0.25, -0.2) is 0 Å². The monoisotopic (exact) mass is 267 g/mol. The zero-order chi connectivity index (χ0) is 13.8. The van der Waals surface area contributed by atoms with Gasteiger partial charge in [-0.1, -0.05) is 46.0 Å². The molecule has 2 aliphatic rings. The third-order valence-corrected chi connectivity index (χ3v) is 5.98. The summed E-state index contributed by atoms with van der Waals surface area (Å²) < 4.78 is 0. The lowest BCUT2D eigenvalue weighted by Crippen LogP contribution is -2.45. The number of nitrogens with zero attached hydrogens (tertiary/aromatic N) is 1. The Hall–Kier alpha value is -0.0800. The van der Waals surface area contributed by atoms with Crippen LogP contribution in [-0.4, -0.2) is 36.2 Å². The van der Waals surface area contributed by atoms with E-state index in [1.54, 1.807) is 0 Å². The molecule has 19 heavy (non-hydrogen) atoms. The Morgan fingerprint density at radius 3 is 2.00 bits per heavy atom. The van der Waals surface area contributed by atoms with Crippen molar-refractivity contribution in [3.63, 3.8) is 0 Å². The van der Waals surface area contributed by atoms with Crippen molar-refractivity contribution >= 4 is 0 Å². The molecule has 0 aromatic carbocycles. The Kier molecular flexibility index (Phi) is 5.30. The molecule has 1 heterocycles. The van der Waals surface area contributed by atoms with Gasteiger partial charge < -0.3 is 10.0 Å². The maximum absolute atomic E-state index is 9.92. The van der Waals surface area contributed by atoms with Crippen molar-refractivity contribution in [1.82, 2.24) is 4.90 Å². The van der Waals surface area contributed by atoms with Crippen LogP contribution >= 0.6 is 0 Å². The third-order valence-electron chi connectivity index (χ3n) is 5.98. The zero-order valence-electron chi connectivity index (χ0n) is 13.1. The summed E-state index contributed by atoms with van der Waals surface area (Å²) in [4.78, 5) is 2.64. The third kappa shape index (κ3) is 3.95. The Bertz CT molecular complexity index is 260. The van der Waals surface area contributed by atoms with Crippen molar-refractivity contribution in [2.24, 2.45) is 10.8 Å². The molecule has 0 bridgehead atoms. The van der Waals surface area contributed by atoms with Crippen molar-refractivity contribution in [1.29, 1.82) is 0 Å². The van der Waals surface area contributed by atoms with Crippen molar-refractivity contribution in [3.05, 3.63) is 0 Å². The van der Waals surface area contributed by atoms with E-state index in [2.05, 4.69) is 18.7 Å². The second-order valence-corrected chi connectivity index (χ2v) is 7.51. The molecule has 112 valence electrons. The van der Waals surface area contributed by atoms with Crippen molar-refractivity contribution in [2.45, 2.75) is 71.6 Å². The topological polar surface area (TPSA) is 23.5 Å². The quantitative estimate of drug-likeness (QED) is 0.783. The molecule has 2 fully saturated rings. The van der Waals surface area contributed by atoms with Crippen LogP contribution in [0.2, 0.25) is 0 Å². The summed E-state index contributed by atoms with van der Waals surface area (Å²) in [7, 11) is 0. The number of hydrogen-bond donors (Lipinski definition) is 1. The van der Waals surface area contributed by atoms with Crippen molar-refractivity contribution in [2.75, 3.05) is 26.2 Å². The molecule has 0 atom stereocenters. The molecular weight excluding hydrogens is 234 g/mol. The van der Waals surface area contributed by atoms with E-state index in [1.807, 2.05) is 0 Å². The minimum absolute atomic E-state index is 0.219. The molecule has 0 aromatic rings. The first kappa shape index (κ1) is 15.3. The number of rotatable bonds is 4. The van der Waals surface area contributed by atoms with Crippen LogP contribution in [0.15, 0.2) is 0 Å². The summed E-state index contributed by atoms with van der Waals surface area (Å²) in [6, 6.07) is 0. The number of hydrogen-bond acceptors (Lipinski definition) is 2. The van der Waals surface area contributed by atoms with Gasteiger partial charge in [0.15, 0.2) is 0 Å². The van der Waals surface area contributed by atoms with Crippen LogP contribution in [0, 0.1) is 10.8 Å². The van der Waals surface area contributed by atoms with Gasteiger partial charge in [-0.15, -0.1) is 0 Å². The van der Waals surface area contributed by atoms with E-state index < -0.39 is 0 Å². The fraction of sp³-hybridized carbons (Fsp3) is 1.00. The highest BCUT2D eigenvalue weighted by Crippen LogP contribution is 2.39. The number of piperidine rings is 1. The van der Waals surface area contributed by atoms with Gasteiger partial charge >= 0.3 is 0 Å². The second-order valence-electron chi connectivity index (χ2n) is 7.51. The van der Waals surface area contributed by atoms with Gasteiger partial charge in [0.05, 0.1) is 0 Å². The van der Waals surface area contributed by atoms with Gasteiger partial charge in [-0.05, 0) is 44.2 Å². The van der Waals surface area contributed by atoms with E-state index in [9.17, 15) is 5.11 Å². The Morgan fingerprint density at radius 2 is 1.53 bits per heavy atom. The van der Waals surface area contributed by atoms with Crippen LogP contribution in [0.25, 0.3) is 0 Å². The largest absolute Gasteiger partial charge is 0.396 e. The van der Waals surface area contributed by atoms with Gasteiger partial charge in [0.2, 0.25) is 0 Å². The lowest BCUT2D eigenvalue weighted by molar-refractivity contribution is 0.0295. The van der Waals surface area contributed by atoms with Crippen LogP contribution < -0.4 is 0 Å². The first-order valence-electron chi connectivity index (χ1n) is 8.45. The highest BCUT2D eigenvalue weighted by molar-refractivity contribution is 4.88. The molecule has 1 saturated heterocycles. The van der Waals surface area contributed by atoms with Crippen molar-refractivity contribution in [3.8, 4) is 0 Å². The fourth-order valence-corrected chi connectivity index (χ4v) is 3.92. The molecule has 0 spiro atoms. The molecule has 0 radical (unpaired) electrons. The van der Waals surface area contributed by atoms with Gasteiger partial charge in [0.25, 0.3) is 0 Å². The SMILES string of the molecule is CCC1(C)CCN(CC2(CO)CCCCCC2)CC1. The average Bonchev–Trinajstić information content (AvgIpc) is 2.68. The summed E-state index contributed by atoms with van der Waals surface area (Å²) in [6.07, 6.45) is 11.9. The summed E-state index contributed by atoms with van der Waals surface area (Å²) in [5, 5.41) is 9.92. The van der Waals surface area contributed by atoms with Gasteiger partial charge in [-0.2, -0.15) is 0 Å². The summed E-state index contributed by atoms with van der Waals surface area (Å²) in [6.45, 7) is 8.80. The summed E-state index contributed by atoms with van der Waals surface area (Å²) in [5.74, 6) is 0. The molecule has 0 amide bonds. The van der Waals surface area contributed by atoms with Crippen LogP contribution in [0.1, 0.15) is 71.6 Å². The molecule has 1 aliphatic carbocycles. The van der Waals surface area contributed by atoms with E-state index in [0.29, 0.717) is 12.0 Å². The van der Waals surface area contributed by atoms with Crippen LogP contribution in [-0.2, 0) is 0 Å². The van der Waals surface area contributed by atoms with E-state index in [-0.39, 0.29) is 5.41 Å². The molecule has 0 aromatic heterocycles. The minimum atomic E-state index is 0.219. The molecule has 1 aliphatic heterocycles. The van der Waals surface area contributed by atoms with E-state index >= 15 is 0 Å². The van der Waals surface area contributed by atoms with Crippen LogP contribution in [0.3, 0.4) is 0 Å². The predicted molar refractivity (Wildman–Crippen MR) is 81.3 cm³/mol. The van der Waals surface area contributed by atoms with E-state index in [1.165, 1.54) is 70.9 Å². The number of likely N-dealkylation sites (tertiary alicyclic amines) is 1. The minimum Gasteiger partial charge on any atom is -0.396 e. The Morgan fingerprint density at radius 1 is 0.947 bits per heavy atom. The van der Waals surface area contributed by atoms with Gasteiger partial charge in [0, 0.05) is 18.6 Å². The summed E-state index contributed by atoms with van der Waals surface area (Å²) >= 11 is 0. The Labute approximate surface area is 119 Å². The molecule has 2 nitrogen and oxygen atoms in total. The number of aliphatic hydroxyl groups is 1. The van der Waals surface area contributed by atoms with Crippen LogP contribution in [0.5, 0.6) is 0 Å². The highest BCUT2D eigenvalue weighted by atomic mass is 16.3. The lowest BCUT2D eigenvalue weighted by atomic mass is 9.76. The zero-order valence-corrected chi connectivity index (χ0v) is 13.1. The lowest BCUT2D eigenvalue weighted by Gasteiger charge is -2.43. The van der Waals surface area contributed by atoms with Gasteiger partial charge in [0.1, 0.15) is 0 Å². The normalized spacial score (nSPS) is 27.9. The van der Waals surface area contributed by atoms with Gasteiger partial charge in [-0.3, -0.25) is 0 Å². The number of aliphatic hydroxyl groups excluding tert-OH is 1. The smallest absolute Gasteiger partial charge is 0.0499 e. The van der Waals surface area contributed by atoms with E-state index in [4.69, 9.17) is 0 Å². The Balaban J connectivity index is 1.89.